The lowest BCUT2D eigenvalue weighted by molar-refractivity contribution is 0.0526. The van der Waals surface area contributed by atoms with Gasteiger partial charge in [0.1, 0.15) is 5.82 Å². The van der Waals surface area contributed by atoms with Gasteiger partial charge in [0.25, 0.3) is 0 Å². The maximum absolute atomic E-state index is 11.5. The highest BCUT2D eigenvalue weighted by Gasteiger charge is 2.23. The monoisotopic (exact) mass is 264 g/mol. The number of carbonyl (C=O) groups is 1. The Morgan fingerprint density at radius 1 is 1.53 bits per heavy atom. The molecule has 0 saturated carbocycles. The molecule has 2 heterocycles. The number of rotatable bonds is 5. The van der Waals surface area contributed by atoms with Gasteiger partial charge in [0.2, 0.25) is 0 Å². The molecule has 19 heavy (non-hydrogen) atoms. The first-order valence-corrected chi connectivity index (χ1v) is 6.61. The second-order valence-corrected chi connectivity index (χ2v) is 4.68. The standard InChI is InChI=1S/C14H20N2O3/c1-3-19-14(17)12-4-5-13(15-8-12)16-7-6-11(9-16)10-18-2/h4-5,8,11H,3,6-7,9-10H2,1-2H3. The maximum atomic E-state index is 11.5. The molecule has 5 heteroatoms. The van der Waals surface area contributed by atoms with E-state index in [1.807, 2.05) is 6.07 Å². The molecule has 0 radical (unpaired) electrons. The summed E-state index contributed by atoms with van der Waals surface area (Å²) in [5.74, 6) is 1.16. The third-order valence-corrected chi connectivity index (χ3v) is 3.27. The summed E-state index contributed by atoms with van der Waals surface area (Å²) >= 11 is 0. The van der Waals surface area contributed by atoms with Crippen molar-refractivity contribution >= 4 is 11.8 Å². The molecule has 0 N–H and O–H groups in total. The normalized spacial score (nSPS) is 18.6. The van der Waals surface area contributed by atoms with E-state index in [0.717, 1.165) is 31.9 Å². The molecule has 0 amide bonds. The predicted octanol–water partition coefficient (Wildman–Crippen LogP) is 1.73. The van der Waals surface area contributed by atoms with E-state index < -0.39 is 0 Å². The number of pyridine rings is 1. The summed E-state index contributed by atoms with van der Waals surface area (Å²) in [6.45, 7) is 4.90. The van der Waals surface area contributed by atoms with Crippen LogP contribution in [0.15, 0.2) is 18.3 Å². The largest absolute Gasteiger partial charge is 0.462 e. The zero-order valence-electron chi connectivity index (χ0n) is 11.5. The fourth-order valence-corrected chi connectivity index (χ4v) is 2.32. The second kappa shape index (κ2) is 6.52. The molecule has 1 atom stereocenters. The van der Waals surface area contributed by atoms with Gasteiger partial charge in [-0.15, -0.1) is 0 Å². The molecule has 0 aliphatic carbocycles. The van der Waals surface area contributed by atoms with E-state index in [1.165, 1.54) is 0 Å². The van der Waals surface area contributed by atoms with Crippen LogP contribution in [0.2, 0.25) is 0 Å². The van der Waals surface area contributed by atoms with Gasteiger partial charge in [0, 0.05) is 32.3 Å². The van der Waals surface area contributed by atoms with Crippen LogP contribution in [-0.4, -0.2) is 44.4 Å². The molecule has 1 aromatic rings. The van der Waals surface area contributed by atoms with Gasteiger partial charge in [-0.2, -0.15) is 0 Å². The molecule has 2 rings (SSSR count). The Kier molecular flexibility index (Phi) is 4.74. The van der Waals surface area contributed by atoms with Gasteiger partial charge in [-0.25, -0.2) is 9.78 Å². The van der Waals surface area contributed by atoms with Gasteiger partial charge in [-0.05, 0) is 25.5 Å². The van der Waals surface area contributed by atoms with Gasteiger partial charge in [-0.1, -0.05) is 0 Å². The summed E-state index contributed by atoms with van der Waals surface area (Å²) in [7, 11) is 1.73. The van der Waals surface area contributed by atoms with Crippen molar-refractivity contribution < 1.29 is 14.3 Å². The van der Waals surface area contributed by atoms with E-state index >= 15 is 0 Å². The lowest BCUT2D eigenvalue weighted by atomic mass is 10.1. The van der Waals surface area contributed by atoms with Crippen molar-refractivity contribution in [2.75, 3.05) is 38.3 Å². The quantitative estimate of drug-likeness (QED) is 0.758. The van der Waals surface area contributed by atoms with E-state index in [9.17, 15) is 4.79 Å². The van der Waals surface area contributed by atoms with Gasteiger partial charge in [-0.3, -0.25) is 0 Å². The summed E-state index contributed by atoms with van der Waals surface area (Å²) in [5, 5.41) is 0. The summed E-state index contributed by atoms with van der Waals surface area (Å²) in [5.41, 5.74) is 0.498. The number of aromatic nitrogens is 1. The molecule has 104 valence electrons. The molecule has 5 nitrogen and oxygen atoms in total. The molecule has 0 bridgehead atoms. The third-order valence-electron chi connectivity index (χ3n) is 3.27. The fraction of sp³-hybridized carbons (Fsp3) is 0.571. The molecular weight excluding hydrogens is 244 g/mol. The Bertz CT molecular complexity index is 419. The Morgan fingerprint density at radius 3 is 3.00 bits per heavy atom. The number of ether oxygens (including phenoxy) is 2. The van der Waals surface area contributed by atoms with Crippen LogP contribution in [0.25, 0.3) is 0 Å². The van der Waals surface area contributed by atoms with Crippen molar-refractivity contribution in [1.82, 2.24) is 4.98 Å². The van der Waals surface area contributed by atoms with E-state index in [1.54, 1.807) is 26.3 Å². The summed E-state index contributed by atoms with van der Waals surface area (Å²) < 4.78 is 10.1. The zero-order valence-corrected chi connectivity index (χ0v) is 11.5. The van der Waals surface area contributed by atoms with Crippen LogP contribution in [0.1, 0.15) is 23.7 Å². The Labute approximate surface area is 113 Å². The summed E-state index contributed by atoms with van der Waals surface area (Å²) in [6, 6.07) is 3.64. The molecule has 0 spiro atoms. The molecule has 1 aromatic heterocycles. The van der Waals surface area contributed by atoms with Crippen LogP contribution in [0.4, 0.5) is 5.82 Å². The minimum atomic E-state index is -0.319. The van der Waals surface area contributed by atoms with Crippen molar-refractivity contribution in [2.45, 2.75) is 13.3 Å². The minimum Gasteiger partial charge on any atom is -0.462 e. The van der Waals surface area contributed by atoms with Crippen LogP contribution in [-0.2, 0) is 9.47 Å². The van der Waals surface area contributed by atoms with Crippen LogP contribution in [0, 0.1) is 5.92 Å². The summed E-state index contributed by atoms with van der Waals surface area (Å²) in [4.78, 5) is 18.1. The minimum absolute atomic E-state index is 0.319. The number of hydrogen-bond donors (Lipinski definition) is 0. The highest BCUT2D eigenvalue weighted by molar-refractivity contribution is 5.89. The van der Waals surface area contributed by atoms with Gasteiger partial charge in [0.05, 0.1) is 18.8 Å². The Morgan fingerprint density at radius 2 is 2.37 bits per heavy atom. The number of anilines is 1. The smallest absolute Gasteiger partial charge is 0.339 e. The first-order chi connectivity index (χ1) is 9.24. The molecule has 1 fully saturated rings. The van der Waals surface area contributed by atoms with Crippen LogP contribution in [0.3, 0.4) is 0 Å². The van der Waals surface area contributed by atoms with E-state index in [0.29, 0.717) is 18.1 Å². The highest BCUT2D eigenvalue weighted by atomic mass is 16.5. The van der Waals surface area contributed by atoms with Gasteiger partial charge >= 0.3 is 5.97 Å². The lowest BCUT2D eigenvalue weighted by Crippen LogP contribution is -2.22. The maximum Gasteiger partial charge on any atom is 0.339 e. The van der Waals surface area contributed by atoms with E-state index in [2.05, 4.69) is 9.88 Å². The van der Waals surface area contributed by atoms with Crippen LogP contribution in [0.5, 0.6) is 0 Å². The number of carbonyl (C=O) groups excluding carboxylic acids is 1. The van der Waals surface area contributed by atoms with Gasteiger partial charge in [0.15, 0.2) is 0 Å². The van der Waals surface area contributed by atoms with Crippen molar-refractivity contribution in [3.8, 4) is 0 Å². The van der Waals surface area contributed by atoms with Crippen molar-refractivity contribution in [2.24, 2.45) is 5.92 Å². The zero-order chi connectivity index (χ0) is 13.7. The molecule has 1 saturated heterocycles. The number of hydrogen-bond acceptors (Lipinski definition) is 5. The molecular formula is C14H20N2O3. The fourth-order valence-electron chi connectivity index (χ4n) is 2.32. The highest BCUT2D eigenvalue weighted by Crippen LogP contribution is 2.22. The number of methoxy groups -OCH3 is 1. The average Bonchev–Trinajstić information content (AvgIpc) is 2.88. The topological polar surface area (TPSA) is 51.7 Å². The van der Waals surface area contributed by atoms with Crippen molar-refractivity contribution in [3.05, 3.63) is 23.9 Å². The Hall–Kier alpha value is -1.62. The predicted molar refractivity (Wildman–Crippen MR) is 72.4 cm³/mol. The molecule has 1 aliphatic rings. The van der Waals surface area contributed by atoms with Crippen molar-refractivity contribution in [3.63, 3.8) is 0 Å². The second-order valence-electron chi connectivity index (χ2n) is 4.68. The van der Waals surface area contributed by atoms with Gasteiger partial charge < -0.3 is 14.4 Å². The third kappa shape index (κ3) is 3.44. The van der Waals surface area contributed by atoms with E-state index in [-0.39, 0.29) is 5.97 Å². The number of nitrogens with zero attached hydrogens (tertiary/aromatic N) is 2. The SMILES string of the molecule is CCOC(=O)c1ccc(N2CCC(COC)C2)nc1. The lowest BCUT2D eigenvalue weighted by Gasteiger charge is -2.17. The summed E-state index contributed by atoms with van der Waals surface area (Å²) in [6.07, 6.45) is 2.70. The van der Waals surface area contributed by atoms with Crippen LogP contribution < -0.4 is 4.90 Å². The molecule has 0 aromatic carbocycles. The van der Waals surface area contributed by atoms with E-state index in [4.69, 9.17) is 9.47 Å². The average molecular weight is 264 g/mol. The van der Waals surface area contributed by atoms with Crippen molar-refractivity contribution in [1.29, 1.82) is 0 Å². The first kappa shape index (κ1) is 13.8. The number of esters is 1. The molecule has 1 aliphatic heterocycles. The Balaban J connectivity index is 1.97. The first-order valence-electron chi connectivity index (χ1n) is 6.61. The van der Waals surface area contributed by atoms with Crippen LogP contribution >= 0.6 is 0 Å². The molecule has 1 unspecified atom stereocenters.